The van der Waals surface area contributed by atoms with Crippen LogP contribution in [0.15, 0.2) is 42.5 Å². The number of phenols is 1. The van der Waals surface area contributed by atoms with Gasteiger partial charge in [0.1, 0.15) is 17.2 Å². The Bertz CT molecular complexity index is 591. The van der Waals surface area contributed by atoms with E-state index < -0.39 is 0 Å². The molecule has 0 aliphatic heterocycles. The van der Waals surface area contributed by atoms with Gasteiger partial charge in [0, 0.05) is 7.05 Å². The van der Waals surface area contributed by atoms with Crippen LogP contribution < -0.4 is 10.1 Å². The van der Waals surface area contributed by atoms with Gasteiger partial charge < -0.3 is 15.2 Å². The quantitative estimate of drug-likeness (QED) is 0.888. The molecule has 2 N–H and O–H groups in total. The largest absolute Gasteiger partial charge is 0.507 e. The predicted molar refractivity (Wildman–Crippen MR) is 72.8 cm³/mol. The van der Waals surface area contributed by atoms with E-state index in [0.717, 1.165) is 5.56 Å². The molecule has 0 radical (unpaired) electrons. The Balaban J connectivity index is 2.26. The van der Waals surface area contributed by atoms with Crippen molar-refractivity contribution in [2.75, 3.05) is 7.05 Å². The lowest BCUT2D eigenvalue weighted by Gasteiger charge is -2.09. The highest BCUT2D eigenvalue weighted by Crippen LogP contribution is 2.27. The molecule has 4 heteroatoms. The van der Waals surface area contributed by atoms with Gasteiger partial charge in [-0.1, -0.05) is 17.7 Å². The van der Waals surface area contributed by atoms with Gasteiger partial charge in [0.05, 0.1) is 5.56 Å². The molecule has 0 atom stereocenters. The van der Waals surface area contributed by atoms with Crippen LogP contribution >= 0.6 is 0 Å². The Hall–Kier alpha value is -2.49. The number of aromatic hydroxyl groups is 1. The van der Waals surface area contributed by atoms with Gasteiger partial charge in [-0.15, -0.1) is 0 Å². The molecule has 0 aliphatic carbocycles. The van der Waals surface area contributed by atoms with Crippen LogP contribution in [0.4, 0.5) is 0 Å². The number of carbonyl (C=O) groups is 1. The van der Waals surface area contributed by atoms with Crippen molar-refractivity contribution >= 4 is 5.91 Å². The molecule has 1 amide bonds. The first-order valence-corrected chi connectivity index (χ1v) is 5.90. The molecular weight excluding hydrogens is 242 g/mol. The molecule has 0 heterocycles. The summed E-state index contributed by atoms with van der Waals surface area (Å²) in [5.74, 6) is 0.752. The van der Waals surface area contributed by atoms with Crippen molar-refractivity contribution in [3.05, 3.63) is 53.6 Å². The number of benzene rings is 2. The van der Waals surface area contributed by atoms with Gasteiger partial charge in [0.2, 0.25) is 0 Å². The van der Waals surface area contributed by atoms with E-state index in [2.05, 4.69) is 5.32 Å². The Morgan fingerprint density at radius 1 is 1.11 bits per heavy atom. The molecular formula is C15H15NO3. The molecule has 0 aliphatic rings. The fourth-order valence-corrected chi connectivity index (χ4v) is 1.64. The third-order valence-electron chi connectivity index (χ3n) is 2.70. The molecule has 0 saturated carbocycles. The number of hydrogen-bond acceptors (Lipinski definition) is 3. The van der Waals surface area contributed by atoms with Crippen LogP contribution in [0.2, 0.25) is 0 Å². The summed E-state index contributed by atoms with van der Waals surface area (Å²) in [6.07, 6.45) is 0. The third-order valence-corrected chi connectivity index (χ3v) is 2.70. The van der Waals surface area contributed by atoms with E-state index in [1.807, 2.05) is 31.2 Å². The van der Waals surface area contributed by atoms with E-state index >= 15 is 0 Å². The zero-order valence-electron chi connectivity index (χ0n) is 10.8. The number of amides is 1. The van der Waals surface area contributed by atoms with E-state index in [1.54, 1.807) is 6.07 Å². The summed E-state index contributed by atoms with van der Waals surface area (Å²) in [6.45, 7) is 1.99. The highest BCUT2D eigenvalue weighted by molar-refractivity contribution is 5.97. The van der Waals surface area contributed by atoms with Crippen molar-refractivity contribution in [2.24, 2.45) is 0 Å². The van der Waals surface area contributed by atoms with Crippen LogP contribution in [0.5, 0.6) is 17.2 Å². The molecule has 4 nitrogen and oxygen atoms in total. The average molecular weight is 257 g/mol. The van der Waals surface area contributed by atoms with E-state index in [-0.39, 0.29) is 17.2 Å². The van der Waals surface area contributed by atoms with Gasteiger partial charge in [-0.25, -0.2) is 0 Å². The molecule has 0 aromatic heterocycles. The Morgan fingerprint density at radius 2 is 1.74 bits per heavy atom. The SMILES string of the molecule is CNC(=O)c1cc(Oc2ccc(C)cc2)ccc1O. The normalized spacial score (nSPS) is 10.0. The first kappa shape index (κ1) is 13.0. The number of nitrogens with one attached hydrogen (secondary N) is 1. The second-order valence-electron chi connectivity index (χ2n) is 4.17. The van der Waals surface area contributed by atoms with Gasteiger partial charge in [0.25, 0.3) is 5.91 Å². The molecule has 2 aromatic carbocycles. The van der Waals surface area contributed by atoms with Gasteiger partial charge >= 0.3 is 0 Å². The number of hydrogen-bond donors (Lipinski definition) is 2. The molecule has 19 heavy (non-hydrogen) atoms. The molecule has 0 spiro atoms. The second kappa shape index (κ2) is 5.44. The van der Waals surface area contributed by atoms with Gasteiger partial charge in [-0.3, -0.25) is 4.79 Å². The average Bonchev–Trinajstić information content (AvgIpc) is 2.42. The summed E-state index contributed by atoms with van der Waals surface area (Å²) in [5.41, 5.74) is 1.33. The fraction of sp³-hybridized carbons (Fsp3) is 0.133. The van der Waals surface area contributed by atoms with Crippen molar-refractivity contribution < 1.29 is 14.6 Å². The van der Waals surface area contributed by atoms with Gasteiger partial charge in [-0.2, -0.15) is 0 Å². The molecule has 98 valence electrons. The zero-order chi connectivity index (χ0) is 13.8. The molecule has 0 bridgehead atoms. The topological polar surface area (TPSA) is 58.6 Å². The monoisotopic (exact) mass is 257 g/mol. The number of carbonyl (C=O) groups excluding carboxylic acids is 1. The van der Waals surface area contributed by atoms with Gasteiger partial charge in [0.15, 0.2) is 0 Å². The highest BCUT2D eigenvalue weighted by atomic mass is 16.5. The van der Waals surface area contributed by atoms with E-state index in [1.165, 1.54) is 19.2 Å². The summed E-state index contributed by atoms with van der Waals surface area (Å²) in [7, 11) is 1.51. The maximum atomic E-state index is 11.6. The molecule has 2 aromatic rings. The third kappa shape index (κ3) is 3.04. The zero-order valence-corrected chi connectivity index (χ0v) is 10.8. The lowest BCUT2D eigenvalue weighted by atomic mass is 10.1. The maximum Gasteiger partial charge on any atom is 0.254 e. The predicted octanol–water partition coefficient (Wildman–Crippen LogP) is 2.85. The lowest BCUT2D eigenvalue weighted by molar-refractivity contribution is 0.0960. The van der Waals surface area contributed by atoms with Crippen molar-refractivity contribution in [3.8, 4) is 17.2 Å². The molecule has 0 fully saturated rings. The summed E-state index contributed by atoms with van der Waals surface area (Å²) in [4.78, 5) is 11.6. The Morgan fingerprint density at radius 3 is 2.37 bits per heavy atom. The van der Waals surface area contributed by atoms with E-state index in [4.69, 9.17) is 4.74 Å². The number of ether oxygens (including phenoxy) is 1. The van der Waals surface area contributed by atoms with Crippen molar-refractivity contribution in [1.82, 2.24) is 5.32 Å². The van der Waals surface area contributed by atoms with Gasteiger partial charge in [-0.05, 0) is 37.3 Å². The minimum Gasteiger partial charge on any atom is -0.507 e. The minimum absolute atomic E-state index is 0.0735. The Labute approximate surface area is 111 Å². The molecule has 0 unspecified atom stereocenters. The summed E-state index contributed by atoms with van der Waals surface area (Å²) in [6, 6.07) is 12.1. The van der Waals surface area contributed by atoms with Crippen LogP contribution in [-0.2, 0) is 0 Å². The van der Waals surface area contributed by atoms with Crippen LogP contribution in [0.3, 0.4) is 0 Å². The summed E-state index contributed by atoms with van der Waals surface area (Å²) < 4.78 is 5.63. The second-order valence-corrected chi connectivity index (χ2v) is 4.17. The van der Waals surface area contributed by atoms with Crippen LogP contribution in [-0.4, -0.2) is 18.1 Å². The first-order chi connectivity index (χ1) is 9.10. The maximum absolute atomic E-state index is 11.6. The fourth-order valence-electron chi connectivity index (χ4n) is 1.64. The van der Waals surface area contributed by atoms with Crippen LogP contribution in [0.25, 0.3) is 0 Å². The van der Waals surface area contributed by atoms with Crippen molar-refractivity contribution in [3.63, 3.8) is 0 Å². The minimum atomic E-state index is -0.355. The van der Waals surface area contributed by atoms with Crippen LogP contribution in [0, 0.1) is 6.92 Å². The smallest absolute Gasteiger partial charge is 0.254 e. The van der Waals surface area contributed by atoms with Crippen LogP contribution in [0.1, 0.15) is 15.9 Å². The highest BCUT2D eigenvalue weighted by Gasteiger charge is 2.11. The molecule has 2 rings (SSSR count). The van der Waals surface area contributed by atoms with Crippen molar-refractivity contribution in [1.29, 1.82) is 0 Å². The number of aryl methyl sites for hydroxylation is 1. The molecule has 0 saturated heterocycles. The Kier molecular flexibility index (Phi) is 3.71. The summed E-state index contributed by atoms with van der Waals surface area (Å²) in [5, 5.41) is 12.1. The first-order valence-electron chi connectivity index (χ1n) is 5.90. The summed E-state index contributed by atoms with van der Waals surface area (Å²) >= 11 is 0. The van der Waals surface area contributed by atoms with Crippen molar-refractivity contribution in [2.45, 2.75) is 6.92 Å². The standard InChI is InChI=1S/C15H15NO3/c1-10-3-5-11(6-4-10)19-12-7-8-14(17)13(9-12)15(18)16-2/h3-9,17H,1-2H3,(H,16,18). The lowest BCUT2D eigenvalue weighted by Crippen LogP contribution is -2.17. The van der Waals surface area contributed by atoms with E-state index in [9.17, 15) is 9.90 Å². The van der Waals surface area contributed by atoms with E-state index in [0.29, 0.717) is 11.5 Å². The number of rotatable bonds is 3. The number of phenolic OH excluding ortho intramolecular Hbond substituents is 1.